The van der Waals surface area contributed by atoms with E-state index in [0.29, 0.717) is 5.56 Å². The summed E-state index contributed by atoms with van der Waals surface area (Å²) in [6.45, 7) is 5.53. The summed E-state index contributed by atoms with van der Waals surface area (Å²) in [5, 5.41) is 3.09. The summed E-state index contributed by atoms with van der Waals surface area (Å²) >= 11 is 0. The third-order valence-electron chi connectivity index (χ3n) is 2.65. The van der Waals surface area contributed by atoms with Crippen LogP contribution in [-0.2, 0) is 11.2 Å². The lowest BCUT2D eigenvalue weighted by Crippen LogP contribution is -2.57. The number of hydrogen-bond acceptors (Lipinski definition) is 2. The van der Waals surface area contributed by atoms with Gasteiger partial charge in [-0.15, -0.1) is 0 Å². The fourth-order valence-corrected chi connectivity index (χ4v) is 1.87. The highest BCUT2D eigenvalue weighted by atomic mass is 19.1. The van der Waals surface area contributed by atoms with Crippen molar-refractivity contribution in [2.75, 3.05) is 0 Å². The minimum atomic E-state index is -0.934. The van der Waals surface area contributed by atoms with Crippen molar-refractivity contribution < 1.29 is 9.18 Å². The Balaban J connectivity index is 2.95. The second-order valence-electron chi connectivity index (χ2n) is 4.76. The second-order valence-corrected chi connectivity index (χ2v) is 4.76. The summed E-state index contributed by atoms with van der Waals surface area (Å²) in [5.74, 6) is -0.792. The average molecular weight is 238 g/mol. The van der Waals surface area contributed by atoms with Crippen LogP contribution in [0, 0.1) is 5.82 Å². The number of hydrogen-bond donors (Lipinski definition) is 2. The maximum Gasteiger partial charge on any atom is 0.237 e. The number of amides is 1. The van der Waals surface area contributed by atoms with Gasteiger partial charge in [0.25, 0.3) is 0 Å². The number of carbonyl (C=O) groups is 1. The molecule has 0 aliphatic heterocycles. The zero-order valence-electron chi connectivity index (χ0n) is 10.5. The van der Waals surface area contributed by atoms with Crippen LogP contribution >= 0.6 is 0 Å². The van der Waals surface area contributed by atoms with Crippen molar-refractivity contribution in [2.45, 2.75) is 38.8 Å². The van der Waals surface area contributed by atoms with Crippen LogP contribution in [0.25, 0.3) is 0 Å². The lowest BCUT2D eigenvalue weighted by atomic mass is 9.91. The highest BCUT2D eigenvalue weighted by Gasteiger charge is 2.32. The molecule has 1 rings (SSSR count). The predicted molar refractivity (Wildman–Crippen MR) is 66.0 cm³/mol. The Kier molecular flexibility index (Phi) is 4.23. The normalized spacial score (nSPS) is 14.6. The monoisotopic (exact) mass is 238 g/mol. The SMILES string of the molecule is CC(C)NC(C)(Cc1ccccc1F)C(N)=O. The summed E-state index contributed by atoms with van der Waals surface area (Å²) in [6.07, 6.45) is 0.243. The first-order valence-electron chi connectivity index (χ1n) is 5.66. The Morgan fingerprint density at radius 2 is 2.06 bits per heavy atom. The van der Waals surface area contributed by atoms with Crippen LogP contribution in [0.4, 0.5) is 4.39 Å². The molecule has 0 heterocycles. The number of primary amides is 1. The van der Waals surface area contributed by atoms with Crippen molar-refractivity contribution >= 4 is 5.91 Å². The lowest BCUT2D eigenvalue weighted by Gasteiger charge is -2.30. The fourth-order valence-electron chi connectivity index (χ4n) is 1.87. The van der Waals surface area contributed by atoms with Crippen molar-refractivity contribution in [1.82, 2.24) is 5.32 Å². The summed E-state index contributed by atoms with van der Waals surface area (Å²) in [6, 6.07) is 6.51. The fraction of sp³-hybridized carbons (Fsp3) is 0.462. The molecule has 0 radical (unpaired) electrons. The van der Waals surface area contributed by atoms with Gasteiger partial charge in [-0.1, -0.05) is 18.2 Å². The molecule has 1 unspecified atom stereocenters. The Labute approximate surface area is 101 Å². The van der Waals surface area contributed by atoms with E-state index in [2.05, 4.69) is 5.32 Å². The maximum absolute atomic E-state index is 13.5. The molecule has 17 heavy (non-hydrogen) atoms. The van der Waals surface area contributed by atoms with E-state index in [4.69, 9.17) is 5.73 Å². The smallest absolute Gasteiger partial charge is 0.237 e. The molecule has 4 heteroatoms. The summed E-state index contributed by atoms with van der Waals surface area (Å²) in [7, 11) is 0. The first-order chi connectivity index (χ1) is 7.85. The highest BCUT2D eigenvalue weighted by molar-refractivity contribution is 5.84. The minimum Gasteiger partial charge on any atom is -0.368 e. The van der Waals surface area contributed by atoms with Gasteiger partial charge in [0, 0.05) is 12.5 Å². The third-order valence-corrected chi connectivity index (χ3v) is 2.65. The van der Waals surface area contributed by atoms with Gasteiger partial charge in [0.15, 0.2) is 0 Å². The zero-order chi connectivity index (χ0) is 13.1. The summed E-state index contributed by atoms with van der Waals surface area (Å²) in [5.41, 5.74) is 4.95. The van der Waals surface area contributed by atoms with Gasteiger partial charge in [0.1, 0.15) is 5.82 Å². The number of nitrogens with one attached hydrogen (secondary N) is 1. The van der Waals surface area contributed by atoms with E-state index in [0.717, 1.165) is 0 Å². The lowest BCUT2D eigenvalue weighted by molar-refractivity contribution is -0.124. The molecule has 94 valence electrons. The van der Waals surface area contributed by atoms with Gasteiger partial charge in [-0.3, -0.25) is 4.79 Å². The number of halogens is 1. The van der Waals surface area contributed by atoms with E-state index in [1.807, 2.05) is 13.8 Å². The molecule has 0 aliphatic carbocycles. The molecule has 0 saturated heterocycles. The van der Waals surface area contributed by atoms with Crippen molar-refractivity contribution in [3.8, 4) is 0 Å². The van der Waals surface area contributed by atoms with E-state index in [1.54, 1.807) is 25.1 Å². The molecular weight excluding hydrogens is 219 g/mol. The molecule has 0 bridgehead atoms. The van der Waals surface area contributed by atoms with Crippen molar-refractivity contribution in [2.24, 2.45) is 5.73 Å². The molecule has 0 spiro atoms. The molecule has 1 amide bonds. The number of carbonyl (C=O) groups excluding carboxylic acids is 1. The molecular formula is C13H19FN2O. The van der Waals surface area contributed by atoms with Gasteiger partial charge in [-0.05, 0) is 32.4 Å². The number of benzene rings is 1. The topological polar surface area (TPSA) is 55.1 Å². The molecule has 0 aliphatic rings. The molecule has 3 N–H and O–H groups in total. The largest absolute Gasteiger partial charge is 0.368 e. The Morgan fingerprint density at radius 3 is 2.53 bits per heavy atom. The molecule has 0 aromatic heterocycles. The highest BCUT2D eigenvalue weighted by Crippen LogP contribution is 2.16. The van der Waals surface area contributed by atoms with Crippen molar-refractivity contribution in [3.05, 3.63) is 35.6 Å². The van der Waals surface area contributed by atoms with E-state index in [9.17, 15) is 9.18 Å². The van der Waals surface area contributed by atoms with Crippen LogP contribution in [0.3, 0.4) is 0 Å². The molecule has 1 aromatic carbocycles. The van der Waals surface area contributed by atoms with Gasteiger partial charge in [0.05, 0.1) is 5.54 Å². The Hall–Kier alpha value is -1.42. The standard InChI is InChI=1S/C13H19FN2O/c1-9(2)16-13(3,12(15)17)8-10-6-4-5-7-11(10)14/h4-7,9,16H,8H2,1-3H3,(H2,15,17). The van der Waals surface area contributed by atoms with E-state index >= 15 is 0 Å². The molecule has 0 saturated carbocycles. The van der Waals surface area contributed by atoms with Gasteiger partial charge in [0.2, 0.25) is 5.91 Å². The van der Waals surface area contributed by atoms with E-state index in [-0.39, 0.29) is 18.3 Å². The predicted octanol–water partition coefficient (Wildman–Crippen LogP) is 1.61. The van der Waals surface area contributed by atoms with Crippen LogP contribution < -0.4 is 11.1 Å². The Morgan fingerprint density at radius 1 is 1.47 bits per heavy atom. The van der Waals surface area contributed by atoms with Crippen molar-refractivity contribution in [3.63, 3.8) is 0 Å². The number of nitrogens with two attached hydrogens (primary N) is 1. The maximum atomic E-state index is 13.5. The number of rotatable bonds is 5. The van der Waals surface area contributed by atoms with Gasteiger partial charge in [-0.25, -0.2) is 4.39 Å². The van der Waals surface area contributed by atoms with Crippen LogP contribution in [0.5, 0.6) is 0 Å². The quantitative estimate of drug-likeness (QED) is 0.818. The third kappa shape index (κ3) is 3.53. The van der Waals surface area contributed by atoms with Gasteiger partial charge < -0.3 is 11.1 Å². The van der Waals surface area contributed by atoms with Crippen LogP contribution in [0.1, 0.15) is 26.3 Å². The first-order valence-corrected chi connectivity index (χ1v) is 5.66. The molecule has 1 aromatic rings. The summed E-state index contributed by atoms with van der Waals surface area (Å²) in [4.78, 5) is 11.5. The second kappa shape index (κ2) is 5.27. The van der Waals surface area contributed by atoms with Gasteiger partial charge in [-0.2, -0.15) is 0 Å². The first kappa shape index (κ1) is 13.6. The molecule has 1 atom stereocenters. The van der Waals surface area contributed by atoms with E-state index < -0.39 is 11.4 Å². The van der Waals surface area contributed by atoms with Crippen molar-refractivity contribution in [1.29, 1.82) is 0 Å². The van der Waals surface area contributed by atoms with Gasteiger partial charge >= 0.3 is 0 Å². The minimum absolute atomic E-state index is 0.0965. The Bertz CT molecular complexity index is 406. The van der Waals surface area contributed by atoms with Crippen LogP contribution in [0.2, 0.25) is 0 Å². The van der Waals surface area contributed by atoms with Crippen LogP contribution in [-0.4, -0.2) is 17.5 Å². The van der Waals surface area contributed by atoms with E-state index in [1.165, 1.54) is 6.07 Å². The molecule has 3 nitrogen and oxygen atoms in total. The van der Waals surface area contributed by atoms with Crippen LogP contribution in [0.15, 0.2) is 24.3 Å². The average Bonchev–Trinajstić information content (AvgIpc) is 2.20. The summed E-state index contributed by atoms with van der Waals surface area (Å²) < 4.78 is 13.5. The molecule has 0 fully saturated rings. The zero-order valence-corrected chi connectivity index (χ0v) is 10.5.